The Balaban J connectivity index is 1.86. The Morgan fingerprint density at radius 3 is 2.50 bits per heavy atom. The summed E-state index contributed by atoms with van der Waals surface area (Å²) in [5.41, 5.74) is -0.295. The van der Waals surface area contributed by atoms with Crippen LogP contribution in [0.2, 0.25) is 0 Å². The van der Waals surface area contributed by atoms with Gasteiger partial charge in [0.2, 0.25) is 5.78 Å². The highest BCUT2D eigenvalue weighted by molar-refractivity contribution is 5.99. The number of amides is 1. The van der Waals surface area contributed by atoms with E-state index < -0.39 is 48.0 Å². The van der Waals surface area contributed by atoms with Gasteiger partial charge in [0.15, 0.2) is 6.61 Å². The molecule has 0 aromatic heterocycles. The van der Waals surface area contributed by atoms with Crippen LogP contribution in [0.3, 0.4) is 0 Å². The van der Waals surface area contributed by atoms with Crippen molar-refractivity contribution < 1.29 is 32.6 Å². The predicted octanol–water partition coefficient (Wildman–Crippen LogP) is 2.13. The minimum absolute atomic E-state index is 0.223. The number of ether oxygens (including phenoxy) is 2. The highest BCUT2D eigenvalue weighted by Crippen LogP contribution is 2.16. The Bertz CT molecular complexity index is 838. The number of hydrogen-bond donors (Lipinski definition) is 1. The largest absolute Gasteiger partial charge is 0.496 e. The van der Waals surface area contributed by atoms with E-state index in [0.717, 1.165) is 18.2 Å². The van der Waals surface area contributed by atoms with Crippen molar-refractivity contribution in [3.63, 3.8) is 0 Å². The molecule has 0 atom stereocenters. The van der Waals surface area contributed by atoms with Crippen molar-refractivity contribution in [2.75, 3.05) is 20.3 Å². The van der Waals surface area contributed by atoms with Gasteiger partial charge in [0.25, 0.3) is 5.91 Å². The fourth-order valence-electron chi connectivity index (χ4n) is 2.07. The molecule has 0 saturated heterocycles. The van der Waals surface area contributed by atoms with E-state index in [2.05, 4.69) is 10.1 Å². The zero-order chi connectivity index (χ0) is 19.1. The molecule has 2 aromatic carbocycles. The number of rotatable bonds is 7. The number of para-hydroxylation sites is 1. The van der Waals surface area contributed by atoms with Gasteiger partial charge < -0.3 is 14.8 Å². The minimum atomic E-state index is -0.920. The number of carbonyl (C=O) groups is 3. The second kappa shape index (κ2) is 8.70. The number of ketones is 1. The predicted molar refractivity (Wildman–Crippen MR) is 87.0 cm³/mol. The monoisotopic (exact) mass is 363 g/mol. The molecular weight excluding hydrogens is 348 g/mol. The van der Waals surface area contributed by atoms with Crippen LogP contribution in [0, 0.1) is 11.6 Å². The van der Waals surface area contributed by atoms with Gasteiger partial charge in [-0.1, -0.05) is 12.1 Å². The molecule has 0 saturated carbocycles. The smallest absolute Gasteiger partial charge is 0.325 e. The minimum Gasteiger partial charge on any atom is -0.496 e. The van der Waals surface area contributed by atoms with Crippen LogP contribution in [-0.4, -0.2) is 37.9 Å². The van der Waals surface area contributed by atoms with Gasteiger partial charge in [-0.15, -0.1) is 0 Å². The van der Waals surface area contributed by atoms with Gasteiger partial charge in [0, 0.05) is 0 Å². The molecular formula is C18H15F2NO5. The van der Waals surface area contributed by atoms with Crippen LogP contribution in [-0.2, 0) is 9.53 Å². The second-order valence-corrected chi connectivity index (χ2v) is 5.09. The van der Waals surface area contributed by atoms with E-state index in [9.17, 15) is 23.2 Å². The summed E-state index contributed by atoms with van der Waals surface area (Å²) >= 11 is 0. The number of hydrogen-bond acceptors (Lipinski definition) is 5. The lowest BCUT2D eigenvalue weighted by Crippen LogP contribution is -2.31. The Kier molecular flexibility index (Phi) is 6.37. The lowest BCUT2D eigenvalue weighted by molar-refractivity contribution is -0.141. The fraction of sp³-hybridized carbons (Fsp3) is 0.167. The number of nitrogens with one attached hydrogen (secondary N) is 1. The van der Waals surface area contributed by atoms with Gasteiger partial charge in [-0.25, -0.2) is 8.78 Å². The third kappa shape index (κ3) is 4.85. The van der Waals surface area contributed by atoms with Crippen molar-refractivity contribution in [1.82, 2.24) is 5.32 Å². The lowest BCUT2D eigenvalue weighted by Gasteiger charge is -2.09. The summed E-state index contributed by atoms with van der Waals surface area (Å²) in [6.07, 6.45) is 0. The van der Waals surface area contributed by atoms with Gasteiger partial charge in [-0.2, -0.15) is 0 Å². The van der Waals surface area contributed by atoms with E-state index in [-0.39, 0.29) is 5.56 Å². The van der Waals surface area contributed by atoms with Crippen molar-refractivity contribution in [1.29, 1.82) is 0 Å². The molecule has 6 nitrogen and oxygen atoms in total. The maximum Gasteiger partial charge on any atom is 0.325 e. The number of Topliss-reactive ketones (excluding diaryl/α,β-unsaturated/α-hetero) is 1. The zero-order valence-corrected chi connectivity index (χ0v) is 13.8. The molecule has 0 aliphatic rings. The van der Waals surface area contributed by atoms with Crippen molar-refractivity contribution >= 4 is 17.7 Å². The van der Waals surface area contributed by atoms with E-state index in [1.807, 2.05) is 0 Å². The highest BCUT2D eigenvalue weighted by Gasteiger charge is 2.17. The summed E-state index contributed by atoms with van der Waals surface area (Å²) in [6.45, 7) is -1.28. The molecule has 0 aliphatic carbocycles. The molecule has 0 aliphatic heterocycles. The van der Waals surface area contributed by atoms with E-state index in [4.69, 9.17) is 4.74 Å². The molecule has 136 valence electrons. The first-order valence-corrected chi connectivity index (χ1v) is 7.47. The zero-order valence-electron chi connectivity index (χ0n) is 13.8. The van der Waals surface area contributed by atoms with Crippen LogP contribution in [0.1, 0.15) is 20.7 Å². The maximum absolute atomic E-state index is 13.5. The number of esters is 1. The van der Waals surface area contributed by atoms with Crippen LogP contribution < -0.4 is 10.1 Å². The standard InChI is InChI=1S/C18H15F2NO5/c1-25-16-5-3-2-4-12(16)18(24)21-9-17(23)26-10-15(22)13-8-11(19)6-7-14(13)20/h2-8H,9-10H2,1H3,(H,21,24). The van der Waals surface area contributed by atoms with E-state index in [1.165, 1.54) is 13.2 Å². The number of methoxy groups -OCH3 is 1. The van der Waals surface area contributed by atoms with Gasteiger partial charge in [0.05, 0.1) is 18.2 Å². The first-order valence-electron chi connectivity index (χ1n) is 7.47. The molecule has 8 heteroatoms. The van der Waals surface area contributed by atoms with Gasteiger partial charge in [-0.3, -0.25) is 14.4 Å². The van der Waals surface area contributed by atoms with Crippen LogP contribution in [0.4, 0.5) is 8.78 Å². The number of carbonyl (C=O) groups excluding carboxylic acids is 3. The third-order valence-corrected chi connectivity index (χ3v) is 3.34. The number of benzene rings is 2. The summed E-state index contributed by atoms with van der Waals surface area (Å²) in [5.74, 6) is -3.75. The normalized spacial score (nSPS) is 10.1. The van der Waals surface area contributed by atoms with Gasteiger partial charge in [0.1, 0.15) is 23.9 Å². The Morgan fingerprint density at radius 2 is 1.77 bits per heavy atom. The summed E-state index contributed by atoms with van der Waals surface area (Å²) in [6, 6.07) is 8.79. The highest BCUT2D eigenvalue weighted by atomic mass is 19.1. The molecule has 0 fully saturated rings. The van der Waals surface area contributed by atoms with Crippen molar-refractivity contribution in [3.05, 3.63) is 65.2 Å². The molecule has 0 bridgehead atoms. The summed E-state index contributed by atoms with van der Waals surface area (Å²) < 4.78 is 36.2. The SMILES string of the molecule is COc1ccccc1C(=O)NCC(=O)OCC(=O)c1cc(F)ccc1F. The molecule has 1 amide bonds. The van der Waals surface area contributed by atoms with E-state index in [1.54, 1.807) is 18.2 Å². The quantitative estimate of drug-likeness (QED) is 0.602. The molecule has 2 rings (SSSR count). The van der Waals surface area contributed by atoms with Crippen LogP contribution in [0.25, 0.3) is 0 Å². The van der Waals surface area contributed by atoms with E-state index >= 15 is 0 Å². The van der Waals surface area contributed by atoms with Crippen molar-refractivity contribution in [2.24, 2.45) is 0 Å². The summed E-state index contributed by atoms with van der Waals surface area (Å²) in [7, 11) is 1.40. The van der Waals surface area contributed by atoms with Gasteiger partial charge >= 0.3 is 5.97 Å². The van der Waals surface area contributed by atoms with Crippen LogP contribution in [0.15, 0.2) is 42.5 Å². The Hall–Kier alpha value is -3.29. The first-order chi connectivity index (χ1) is 12.4. The fourth-order valence-corrected chi connectivity index (χ4v) is 2.07. The average Bonchev–Trinajstić information content (AvgIpc) is 2.65. The average molecular weight is 363 g/mol. The molecule has 26 heavy (non-hydrogen) atoms. The second-order valence-electron chi connectivity index (χ2n) is 5.09. The molecule has 0 spiro atoms. The van der Waals surface area contributed by atoms with Crippen LogP contribution >= 0.6 is 0 Å². The molecule has 0 unspecified atom stereocenters. The molecule has 1 N–H and O–H groups in total. The molecule has 0 heterocycles. The summed E-state index contributed by atoms with van der Waals surface area (Å²) in [4.78, 5) is 35.4. The van der Waals surface area contributed by atoms with E-state index in [0.29, 0.717) is 5.75 Å². The number of halogens is 2. The maximum atomic E-state index is 13.5. The topological polar surface area (TPSA) is 81.7 Å². The Labute approximate surface area is 147 Å². The third-order valence-electron chi connectivity index (χ3n) is 3.34. The van der Waals surface area contributed by atoms with Crippen LogP contribution in [0.5, 0.6) is 5.75 Å². The van der Waals surface area contributed by atoms with Gasteiger partial charge in [-0.05, 0) is 30.3 Å². The lowest BCUT2D eigenvalue weighted by atomic mass is 10.1. The molecule has 2 aromatic rings. The summed E-state index contributed by atoms with van der Waals surface area (Å²) in [5, 5.41) is 2.32. The first kappa shape index (κ1) is 19.0. The van der Waals surface area contributed by atoms with Crippen molar-refractivity contribution in [3.8, 4) is 5.75 Å². The van der Waals surface area contributed by atoms with Crippen molar-refractivity contribution in [2.45, 2.75) is 0 Å². The Morgan fingerprint density at radius 1 is 1.04 bits per heavy atom. The molecule has 0 radical (unpaired) electrons.